The maximum absolute atomic E-state index is 8.00. The molecule has 0 bridgehead atoms. The first-order valence-electron chi connectivity index (χ1n) is 1.10. The van der Waals surface area contributed by atoms with Crippen molar-refractivity contribution in [3.63, 3.8) is 0 Å². The van der Waals surface area contributed by atoms with Crippen molar-refractivity contribution in [3.8, 4) is 0 Å². The van der Waals surface area contributed by atoms with E-state index in [1.165, 1.54) is 0 Å². The molecule has 0 atom stereocenters. The zero-order chi connectivity index (χ0) is 8.12. The Labute approximate surface area is 122 Å². The van der Waals surface area contributed by atoms with Crippen molar-refractivity contribution in [2.75, 3.05) is 0 Å². The molecule has 0 radical (unpaired) electrons. The summed E-state index contributed by atoms with van der Waals surface area (Å²) in [5, 5.41) is 27.0. The summed E-state index contributed by atoms with van der Waals surface area (Å²) in [7, 11) is 0. The molecule has 0 amide bonds. The van der Waals surface area contributed by atoms with E-state index in [2.05, 4.69) is 0 Å². The van der Waals surface area contributed by atoms with Crippen LogP contribution >= 0.6 is 0 Å². The molecule has 13 heteroatoms. The summed E-state index contributed by atoms with van der Waals surface area (Å²) in [6, 6.07) is 0. The van der Waals surface area contributed by atoms with Crippen LogP contribution in [0.25, 0.3) is 0 Å². The molecule has 10 nitrogen and oxygen atoms in total. The Morgan fingerprint density at radius 2 is 0.692 bits per heavy atom. The molecule has 0 saturated carbocycles. The molecule has 0 aliphatic heterocycles. The van der Waals surface area contributed by atoms with E-state index in [0.717, 1.165) is 16.0 Å². The first kappa shape index (κ1) is 50.1. The van der Waals surface area contributed by atoms with Crippen molar-refractivity contribution >= 4 is 0 Å². The predicted molar refractivity (Wildman–Crippen MR) is 33.9 cm³/mol. The van der Waals surface area contributed by atoms with E-state index in [1.807, 2.05) is 0 Å². The largest absolute Gasteiger partial charge is 1.00 e. The quantitative estimate of drug-likeness (QED) is 0.229. The van der Waals surface area contributed by atoms with Gasteiger partial charge in [-0.3, -0.25) is 0 Å². The summed E-state index contributed by atoms with van der Waals surface area (Å²) in [5.74, 6) is 0. The standard InChI is InChI=1S/ClH2.3HNO2.2Na.H2O/c;3*2-1-3;;;/h1H2;3*(H,2,3);;;1H2/q+1;;;;2*+1;/p-3. The van der Waals surface area contributed by atoms with E-state index in [0.29, 0.717) is 0 Å². The normalized spacial score (nSPS) is 2.77. The van der Waals surface area contributed by atoms with Crippen LogP contribution in [0.4, 0.5) is 0 Å². The molecule has 0 rings (SSSR count). The molecule has 0 fully saturated rings. The summed E-state index contributed by atoms with van der Waals surface area (Å²) in [4.78, 5) is 24.0. The molecular formula is H4ClN3Na2O7. The zero-order valence-corrected chi connectivity index (χ0v) is 11.6. The minimum absolute atomic E-state index is 0. The van der Waals surface area contributed by atoms with Crippen LogP contribution in [0.2, 0.25) is 0 Å². The van der Waals surface area contributed by atoms with Gasteiger partial charge in [-0.15, -0.1) is 16.0 Å². The van der Waals surface area contributed by atoms with E-state index in [-0.39, 0.29) is 77.0 Å². The van der Waals surface area contributed by atoms with Crippen LogP contribution in [-0.4, -0.2) is 5.48 Å². The molecule has 0 unspecified atom stereocenters. The fraction of sp³-hybridized carbons (Fsp3) is 0. The Balaban J connectivity index is -0.00000000720. The van der Waals surface area contributed by atoms with Crippen LogP contribution in [-0.2, 0) is 0 Å². The smallest absolute Gasteiger partial charge is 0.444 e. The van der Waals surface area contributed by atoms with Crippen molar-refractivity contribution < 1.29 is 77.0 Å². The van der Waals surface area contributed by atoms with E-state index >= 15 is 0 Å². The van der Waals surface area contributed by atoms with E-state index in [4.69, 9.17) is 30.3 Å². The SMILES string of the molecule is O.O=N[O-].O=N[O-].O=N[O-].[ClH2+].[Na+].[Na+]. The van der Waals surface area contributed by atoms with Crippen molar-refractivity contribution in [1.82, 2.24) is 0 Å². The van der Waals surface area contributed by atoms with E-state index < -0.39 is 0 Å². The predicted octanol–water partition coefficient (Wildman–Crippen LogP) is -6.60. The van der Waals surface area contributed by atoms with Gasteiger partial charge in [-0.05, 0) is 0 Å². The Morgan fingerprint density at radius 3 is 0.692 bits per heavy atom. The summed E-state index contributed by atoms with van der Waals surface area (Å²) in [6.45, 7) is 0. The van der Waals surface area contributed by atoms with Crippen LogP contribution in [0, 0.1) is 42.7 Å². The van der Waals surface area contributed by atoms with Crippen LogP contribution in [0.5, 0.6) is 0 Å². The minimum atomic E-state index is 0. The van der Waals surface area contributed by atoms with Crippen LogP contribution in [0.15, 0.2) is 16.0 Å². The fourth-order valence-electron chi connectivity index (χ4n) is 0. The molecule has 0 saturated heterocycles. The molecule has 0 aromatic rings. The third-order valence-electron chi connectivity index (χ3n) is 0. The summed E-state index contributed by atoms with van der Waals surface area (Å²) in [6.07, 6.45) is 0. The molecule has 0 spiro atoms. The number of hydrogen-bond acceptors (Lipinski definition) is 9. The van der Waals surface area contributed by atoms with E-state index in [1.54, 1.807) is 0 Å². The molecule has 0 aromatic carbocycles. The Bertz CT molecular complexity index is 58.5. The number of rotatable bonds is 0. The second-order valence-electron chi connectivity index (χ2n) is 0.224. The van der Waals surface area contributed by atoms with Gasteiger partial charge in [0.2, 0.25) is 0 Å². The first-order chi connectivity index (χ1) is 4.24. The number of halogens is 1. The van der Waals surface area contributed by atoms with Crippen molar-refractivity contribution in [3.05, 3.63) is 30.3 Å². The van der Waals surface area contributed by atoms with Gasteiger partial charge in [0.15, 0.2) is 0 Å². The average Bonchev–Trinajstić information content (AvgIpc) is 1.70. The maximum atomic E-state index is 8.00. The van der Waals surface area contributed by atoms with Gasteiger partial charge in [0, 0.05) is 0 Å². The second kappa shape index (κ2) is 137. The van der Waals surface area contributed by atoms with Gasteiger partial charge in [-0.2, -0.15) is 0 Å². The average molecular weight is 239 g/mol. The number of nitrogens with zero attached hydrogens (tertiary/aromatic N) is 3. The Hall–Kier alpha value is 0.450. The first-order valence-corrected chi connectivity index (χ1v) is 1.10. The molecule has 0 heterocycles. The van der Waals surface area contributed by atoms with Crippen LogP contribution < -0.4 is 59.1 Å². The molecule has 0 aromatic heterocycles. The summed E-state index contributed by atoms with van der Waals surface area (Å²) >= 11 is 0. The van der Waals surface area contributed by atoms with Crippen molar-refractivity contribution in [1.29, 1.82) is 0 Å². The Morgan fingerprint density at radius 1 is 0.692 bits per heavy atom. The van der Waals surface area contributed by atoms with Gasteiger partial charge in [-0.25, -0.2) is 0 Å². The Kier molecular flexibility index (Phi) is 529. The molecule has 70 valence electrons. The van der Waals surface area contributed by atoms with Crippen molar-refractivity contribution in [2.45, 2.75) is 0 Å². The molecule has 2 N–H and O–H groups in total. The van der Waals surface area contributed by atoms with Gasteiger partial charge in [0.05, 0.1) is 12.4 Å². The van der Waals surface area contributed by atoms with Gasteiger partial charge in [0.1, 0.15) is 0 Å². The third kappa shape index (κ3) is 6710. The van der Waals surface area contributed by atoms with Crippen molar-refractivity contribution in [2.24, 2.45) is 16.0 Å². The zero-order valence-electron chi connectivity index (χ0n) is 6.74. The monoisotopic (exact) mass is 239 g/mol. The molecule has 0 aliphatic carbocycles. The summed E-state index contributed by atoms with van der Waals surface area (Å²) in [5.41, 5.74) is 0. The van der Waals surface area contributed by atoms with Gasteiger partial charge >= 0.3 is 59.1 Å². The molecule has 0 aliphatic rings. The van der Waals surface area contributed by atoms with E-state index in [9.17, 15) is 0 Å². The molecule has 13 heavy (non-hydrogen) atoms. The molecular weight excluding hydrogens is 235 g/mol. The fourth-order valence-corrected chi connectivity index (χ4v) is 0. The van der Waals surface area contributed by atoms with Gasteiger partial charge < -0.3 is 35.8 Å². The minimum Gasteiger partial charge on any atom is -0.444 e. The second-order valence-corrected chi connectivity index (χ2v) is 0.224. The topological polar surface area (TPSA) is 189 Å². The van der Waals surface area contributed by atoms with Crippen LogP contribution in [0.1, 0.15) is 0 Å². The number of hydrogen-bond donors (Lipinski definition) is 0. The third-order valence-corrected chi connectivity index (χ3v) is 0. The van der Waals surface area contributed by atoms with Gasteiger partial charge in [-0.1, -0.05) is 0 Å². The van der Waals surface area contributed by atoms with Crippen LogP contribution in [0.3, 0.4) is 0 Å². The summed E-state index contributed by atoms with van der Waals surface area (Å²) < 4.78 is 0. The maximum Gasteiger partial charge on any atom is 1.00 e. The van der Waals surface area contributed by atoms with Gasteiger partial charge in [0.25, 0.3) is 0 Å².